The van der Waals surface area contributed by atoms with Crippen LogP contribution in [0.15, 0.2) is 0 Å². The molecule has 1 rings (SSSR count). The molecule has 0 unspecified atom stereocenters. The van der Waals surface area contributed by atoms with Crippen LogP contribution in [-0.2, 0) is 9.47 Å². The molecule has 0 spiro atoms. The van der Waals surface area contributed by atoms with Crippen molar-refractivity contribution >= 4 is 0 Å². The van der Waals surface area contributed by atoms with Crippen LogP contribution >= 0.6 is 0 Å². The van der Waals surface area contributed by atoms with E-state index in [1.54, 1.807) is 0 Å². The largest absolute Gasteiger partial charge is 0.381 e. The Labute approximate surface area is 74.2 Å². The highest BCUT2D eigenvalue weighted by atomic mass is 16.5. The van der Waals surface area contributed by atoms with Crippen molar-refractivity contribution in [3.63, 3.8) is 0 Å². The van der Waals surface area contributed by atoms with Crippen molar-refractivity contribution in [2.45, 2.75) is 31.8 Å². The van der Waals surface area contributed by atoms with Crippen LogP contribution < -0.4 is 5.73 Å². The number of hydrogen-bond donors (Lipinski definition) is 1. The van der Waals surface area contributed by atoms with Crippen LogP contribution in [0.1, 0.15) is 26.2 Å². The molecule has 0 radical (unpaired) electrons. The van der Waals surface area contributed by atoms with Crippen LogP contribution in [0, 0.1) is 0 Å². The van der Waals surface area contributed by atoms with Gasteiger partial charge in [0.25, 0.3) is 0 Å². The number of nitrogens with two attached hydrogens (primary N) is 1. The standard InChI is InChI=1S/C9H19NO2/c1-2-5-12-9(8-10)3-6-11-7-4-9/h2-8,10H2,1H3. The lowest BCUT2D eigenvalue weighted by atomic mass is 9.94. The normalized spacial score (nSPS) is 22.5. The zero-order valence-electron chi connectivity index (χ0n) is 7.84. The molecule has 2 N–H and O–H groups in total. The molecule has 0 aromatic heterocycles. The van der Waals surface area contributed by atoms with Gasteiger partial charge in [0.05, 0.1) is 5.60 Å². The Morgan fingerprint density at radius 3 is 2.58 bits per heavy atom. The van der Waals surface area contributed by atoms with Gasteiger partial charge in [0.1, 0.15) is 0 Å². The summed E-state index contributed by atoms with van der Waals surface area (Å²) in [5.41, 5.74) is 5.62. The van der Waals surface area contributed by atoms with Crippen LogP contribution in [0.25, 0.3) is 0 Å². The minimum atomic E-state index is -0.0751. The molecular formula is C9H19NO2. The summed E-state index contributed by atoms with van der Waals surface area (Å²) >= 11 is 0. The Morgan fingerprint density at radius 1 is 1.42 bits per heavy atom. The summed E-state index contributed by atoms with van der Waals surface area (Å²) in [5, 5.41) is 0. The van der Waals surface area contributed by atoms with Gasteiger partial charge >= 0.3 is 0 Å². The number of hydrogen-bond acceptors (Lipinski definition) is 3. The minimum absolute atomic E-state index is 0.0751. The van der Waals surface area contributed by atoms with Crippen LogP contribution in [0.5, 0.6) is 0 Å². The Hall–Kier alpha value is -0.120. The highest BCUT2D eigenvalue weighted by Gasteiger charge is 2.31. The first-order valence-electron chi connectivity index (χ1n) is 4.75. The van der Waals surface area contributed by atoms with Gasteiger partial charge < -0.3 is 15.2 Å². The molecule has 1 saturated heterocycles. The fourth-order valence-corrected chi connectivity index (χ4v) is 1.47. The molecular weight excluding hydrogens is 154 g/mol. The molecule has 0 aliphatic carbocycles. The van der Waals surface area contributed by atoms with Gasteiger partial charge in [0, 0.05) is 39.2 Å². The average molecular weight is 173 g/mol. The summed E-state index contributed by atoms with van der Waals surface area (Å²) < 4.78 is 11.0. The average Bonchev–Trinajstić information content (AvgIpc) is 2.16. The lowest BCUT2D eigenvalue weighted by Gasteiger charge is -2.35. The quantitative estimate of drug-likeness (QED) is 0.687. The Bertz CT molecular complexity index is 122. The minimum Gasteiger partial charge on any atom is -0.381 e. The van der Waals surface area contributed by atoms with Gasteiger partial charge in [-0.2, -0.15) is 0 Å². The molecule has 0 saturated carbocycles. The van der Waals surface area contributed by atoms with Gasteiger partial charge in [-0.3, -0.25) is 0 Å². The molecule has 1 heterocycles. The van der Waals surface area contributed by atoms with Crippen molar-refractivity contribution in [2.75, 3.05) is 26.4 Å². The number of rotatable bonds is 4. The zero-order valence-corrected chi connectivity index (χ0v) is 7.84. The molecule has 3 nitrogen and oxygen atoms in total. The predicted molar refractivity (Wildman–Crippen MR) is 48.1 cm³/mol. The molecule has 0 bridgehead atoms. The van der Waals surface area contributed by atoms with E-state index in [4.69, 9.17) is 15.2 Å². The van der Waals surface area contributed by atoms with E-state index in [0.717, 1.165) is 39.1 Å². The predicted octanol–water partition coefficient (Wildman–Crippen LogP) is 0.921. The molecule has 1 aliphatic heterocycles. The van der Waals surface area contributed by atoms with Gasteiger partial charge in [0.2, 0.25) is 0 Å². The SMILES string of the molecule is CCCOC1(CN)CCOCC1. The zero-order chi connectivity index (χ0) is 8.86. The Balaban J connectivity index is 2.37. The molecule has 0 aromatic rings. The van der Waals surface area contributed by atoms with Gasteiger partial charge in [-0.1, -0.05) is 6.92 Å². The van der Waals surface area contributed by atoms with Gasteiger partial charge in [-0.25, -0.2) is 0 Å². The van der Waals surface area contributed by atoms with E-state index in [9.17, 15) is 0 Å². The molecule has 72 valence electrons. The lowest BCUT2D eigenvalue weighted by Crippen LogP contribution is -2.45. The van der Waals surface area contributed by atoms with Gasteiger partial charge in [0.15, 0.2) is 0 Å². The monoisotopic (exact) mass is 173 g/mol. The summed E-state index contributed by atoms with van der Waals surface area (Å²) in [5.74, 6) is 0. The Morgan fingerprint density at radius 2 is 2.08 bits per heavy atom. The van der Waals surface area contributed by atoms with Crippen LogP contribution in [-0.4, -0.2) is 32.0 Å². The molecule has 1 fully saturated rings. The van der Waals surface area contributed by atoms with Crippen molar-refractivity contribution in [3.8, 4) is 0 Å². The third-order valence-corrected chi connectivity index (χ3v) is 2.39. The summed E-state index contributed by atoms with van der Waals surface area (Å²) in [6, 6.07) is 0. The Kier molecular flexibility index (Phi) is 3.98. The third kappa shape index (κ3) is 2.44. The maximum Gasteiger partial charge on any atom is 0.0847 e. The van der Waals surface area contributed by atoms with E-state index in [1.165, 1.54) is 0 Å². The lowest BCUT2D eigenvalue weighted by molar-refractivity contribution is -0.104. The van der Waals surface area contributed by atoms with Crippen molar-refractivity contribution in [2.24, 2.45) is 5.73 Å². The first kappa shape index (κ1) is 9.96. The van der Waals surface area contributed by atoms with E-state index in [2.05, 4.69) is 6.92 Å². The second-order valence-corrected chi connectivity index (χ2v) is 3.35. The third-order valence-electron chi connectivity index (χ3n) is 2.39. The van der Waals surface area contributed by atoms with Gasteiger partial charge in [-0.05, 0) is 6.42 Å². The van der Waals surface area contributed by atoms with E-state index in [1.807, 2.05) is 0 Å². The molecule has 1 aliphatic rings. The topological polar surface area (TPSA) is 44.5 Å². The second-order valence-electron chi connectivity index (χ2n) is 3.35. The fourth-order valence-electron chi connectivity index (χ4n) is 1.47. The first-order chi connectivity index (χ1) is 5.83. The molecule has 0 atom stereocenters. The van der Waals surface area contributed by atoms with Crippen molar-refractivity contribution < 1.29 is 9.47 Å². The van der Waals surface area contributed by atoms with Crippen LogP contribution in [0.3, 0.4) is 0 Å². The fraction of sp³-hybridized carbons (Fsp3) is 1.00. The van der Waals surface area contributed by atoms with E-state index in [-0.39, 0.29) is 5.60 Å². The molecule has 0 aromatic carbocycles. The van der Waals surface area contributed by atoms with Crippen molar-refractivity contribution in [1.29, 1.82) is 0 Å². The summed E-state index contributed by atoms with van der Waals surface area (Å²) in [7, 11) is 0. The van der Waals surface area contributed by atoms with Gasteiger partial charge in [-0.15, -0.1) is 0 Å². The second kappa shape index (κ2) is 4.80. The maximum atomic E-state index is 5.76. The summed E-state index contributed by atoms with van der Waals surface area (Å²) in [4.78, 5) is 0. The van der Waals surface area contributed by atoms with E-state index in [0.29, 0.717) is 6.54 Å². The summed E-state index contributed by atoms with van der Waals surface area (Å²) in [6.07, 6.45) is 2.95. The van der Waals surface area contributed by atoms with E-state index < -0.39 is 0 Å². The first-order valence-corrected chi connectivity index (χ1v) is 4.75. The number of ether oxygens (including phenoxy) is 2. The molecule has 0 amide bonds. The van der Waals surface area contributed by atoms with Crippen LogP contribution in [0.4, 0.5) is 0 Å². The smallest absolute Gasteiger partial charge is 0.0847 e. The van der Waals surface area contributed by atoms with E-state index >= 15 is 0 Å². The van der Waals surface area contributed by atoms with Crippen LogP contribution in [0.2, 0.25) is 0 Å². The molecule has 3 heteroatoms. The highest BCUT2D eigenvalue weighted by Crippen LogP contribution is 2.23. The summed E-state index contributed by atoms with van der Waals surface area (Å²) in [6.45, 7) is 5.14. The highest BCUT2D eigenvalue weighted by molar-refractivity contribution is 4.84. The maximum absolute atomic E-state index is 5.76. The molecule has 12 heavy (non-hydrogen) atoms. The van der Waals surface area contributed by atoms with Crippen molar-refractivity contribution in [1.82, 2.24) is 0 Å². The van der Waals surface area contributed by atoms with Crippen molar-refractivity contribution in [3.05, 3.63) is 0 Å².